The minimum absolute atomic E-state index is 0. The highest BCUT2D eigenvalue weighted by Gasteiger charge is 2.12. The van der Waals surface area contributed by atoms with Gasteiger partial charge in [-0.2, -0.15) is 0 Å². The molecule has 0 aliphatic carbocycles. The van der Waals surface area contributed by atoms with Gasteiger partial charge in [-0.15, -0.1) is 0 Å². The monoisotopic (exact) mass is 492 g/mol. The third-order valence-corrected chi connectivity index (χ3v) is 4.51. The van der Waals surface area contributed by atoms with Gasteiger partial charge in [-0.3, -0.25) is 28.8 Å². The normalized spacial score (nSPS) is 9.76. The topological polar surface area (TPSA) is 231 Å². The number of esters is 4. The maximum atomic E-state index is 11.6. The van der Waals surface area contributed by atoms with E-state index in [0.29, 0.717) is 38.5 Å². The number of rotatable bonds is 19. The summed E-state index contributed by atoms with van der Waals surface area (Å²) in [6.07, 6.45) is 6.20. The van der Waals surface area contributed by atoms with Crippen molar-refractivity contribution < 1.29 is 48.5 Å². The van der Waals surface area contributed by atoms with E-state index in [0.717, 1.165) is 25.7 Å². The second-order valence-electron chi connectivity index (χ2n) is 7.52. The first-order valence-corrected chi connectivity index (χ1v) is 11.1. The Morgan fingerprint density at radius 3 is 0.853 bits per heavy atom. The van der Waals surface area contributed by atoms with Crippen molar-refractivity contribution in [2.45, 2.75) is 103 Å². The maximum absolute atomic E-state index is 11.6. The number of carboxylic acid groups (broad SMARTS) is 2. The third kappa shape index (κ3) is 25.4. The molecule has 0 saturated carbocycles. The van der Waals surface area contributed by atoms with E-state index in [9.17, 15) is 28.8 Å². The Bertz CT molecular complexity index is 583. The van der Waals surface area contributed by atoms with Gasteiger partial charge in [0.1, 0.15) is 0 Å². The van der Waals surface area contributed by atoms with Gasteiger partial charge >= 0.3 is 35.8 Å². The number of carbonyl (C=O) groups is 6. The van der Waals surface area contributed by atoms with Crippen LogP contribution >= 0.6 is 0 Å². The van der Waals surface area contributed by atoms with Crippen LogP contribution in [0.15, 0.2) is 0 Å². The first-order chi connectivity index (χ1) is 15.2. The van der Waals surface area contributed by atoms with Crippen molar-refractivity contribution >= 4 is 35.8 Å². The summed E-state index contributed by atoms with van der Waals surface area (Å²) in [6, 6.07) is 0. The molecule has 0 fully saturated rings. The van der Waals surface area contributed by atoms with Gasteiger partial charge in [0.15, 0.2) is 0 Å². The van der Waals surface area contributed by atoms with E-state index in [-0.39, 0.29) is 50.8 Å². The number of hydrogen-bond donors (Lipinski definition) is 4. The molecule has 0 unspecified atom stereocenters. The molecule has 0 aromatic carbocycles. The zero-order valence-corrected chi connectivity index (χ0v) is 19.9. The molecular weight excluding hydrogens is 452 g/mol. The fourth-order valence-electron chi connectivity index (χ4n) is 2.79. The Morgan fingerprint density at radius 1 is 0.382 bits per heavy atom. The summed E-state index contributed by atoms with van der Waals surface area (Å²) in [5.74, 6) is -4.28. The van der Waals surface area contributed by atoms with Crippen LogP contribution in [-0.4, -0.2) is 46.0 Å². The summed E-state index contributed by atoms with van der Waals surface area (Å²) in [5, 5.41) is 17.0. The van der Waals surface area contributed by atoms with E-state index in [1.807, 2.05) is 0 Å². The molecule has 0 aliphatic rings. The molecule has 12 heteroatoms. The molecule has 0 amide bonds. The van der Waals surface area contributed by atoms with E-state index >= 15 is 0 Å². The van der Waals surface area contributed by atoms with Crippen molar-refractivity contribution in [1.82, 2.24) is 12.3 Å². The molecule has 12 nitrogen and oxygen atoms in total. The van der Waals surface area contributed by atoms with Gasteiger partial charge in [-0.05, 0) is 38.5 Å². The molecule has 0 bridgehead atoms. The molecule has 0 aliphatic heterocycles. The second-order valence-corrected chi connectivity index (χ2v) is 7.52. The van der Waals surface area contributed by atoms with Crippen molar-refractivity contribution in [3.63, 3.8) is 0 Å². The van der Waals surface area contributed by atoms with Gasteiger partial charge in [-0.1, -0.05) is 25.7 Å². The van der Waals surface area contributed by atoms with Crippen molar-refractivity contribution in [2.75, 3.05) is 0 Å². The zero-order valence-electron chi connectivity index (χ0n) is 19.9. The SMILES string of the molecule is N.N.O=C(O)CCCCC(=O)OC(=O)CCCCCCCCC(=O)OC(=O)CCCCC(=O)O. The summed E-state index contributed by atoms with van der Waals surface area (Å²) in [4.78, 5) is 66.7. The average molecular weight is 493 g/mol. The van der Waals surface area contributed by atoms with Crippen LogP contribution in [0.5, 0.6) is 0 Å². The quantitative estimate of drug-likeness (QED) is 0.114. The Labute approximate surface area is 199 Å². The van der Waals surface area contributed by atoms with Crippen LogP contribution in [-0.2, 0) is 38.2 Å². The largest absolute Gasteiger partial charge is 0.481 e. The molecule has 0 saturated heterocycles. The van der Waals surface area contributed by atoms with Gasteiger partial charge in [0.05, 0.1) is 0 Å². The number of carboxylic acids is 2. The summed E-state index contributed by atoms with van der Waals surface area (Å²) < 4.78 is 9.34. The van der Waals surface area contributed by atoms with Crippen molar-refractivity contribution in [1.29, 1.82) is 0 Å². The van der Waals surface area contributed by atoms with Crippen LogP contribution in [0.3, 0.4) is 0 Å². The number of carbonyl (C=O) groups excluding carboxylic acids is 4. The Morgan fingerprint density at radius 2 is 0.588 bits per heavy atom. The third-order valence-electron chi connectivity index (χ3n) is 4.51. The number of ether oxygens (including phenoxy) is 2. The highest BCUT2D eigenvalue weighted by atomic mass is 16.6. The van der Waals surface area contributed by atoms with Crippen LogP contribution in [0.2, 0.25) is 0 Å². The van der Waals surface area contributed by atoms with Gasteiger partial charge in [0.25, 0.3) is 0 Å². The molecule has 0 atom stereocenters. The van der Waals surface area contributed by atoms with Crippen molar-refractivity contribution in [2.24, 2.45) is 0 Å². The van der Waals surface area contributed by atoms with Gasteiger partial charge < -0.3 is 32.0 Å². The lowest BCUT2D eigenvalue weighted by molar-refractivity contribution is -0.161. The number of hydrogen-bond acceptors (Lipinski definition) is 10. The average Bonchev–Trinajstić information content (AvgIpc) is 2.70. The lowest BCUT2D eigenvalue weighted by Crippen LogP contribution is -2.12. The molecular formula is C22H40N2O10. The van der Waals surface area contributed by atoms with Crippen LogP contribution < -0.4 is 12.3 Å². The van der Waals surface area contributed by atoms with E-state index in [1.54, 1.807) is 0 Å². The van der Waals surface area contributed by atoms with E-state index in [2.05, 4.69) is 9.47 Å². The van der Waals surface area contributed by atoms with E-state index in [1.165, 1.54) is 0 Å². The maximum Gasteiger partial charge on any atom is 0.313 e. The minimum Gasteiger partial charge on any atom is -0.481 e. The molecule has 0 spiro atoms. The first-order valence-electron chi connectivity index (χ1n) is 11.1. The lowest BCUT2D eigenvalue weighted by Gasteiger charge is -2.04. The molecule has 0 heterocycles. The van der Waals surface area contributed by atoms with Crippen LogP contribution in [0.25, 0.3) is 0 Å². The highest BCUT2D eigenvalue weighted by Crippen LogP contribution is 2.11. The predicted octanol–water partition coefficient (Wildman–Crippen LogP) is 3.86. The molecule has 34 heavy (non-hydrogen) atoms. The van der Waals surface area contributed by atoms with Crippen LogP contribution in [0.1, 0.15) is 103 Å². The summed E-state index contributed by atoms with van der Waals surface area (Å²) >= 11 is 0. The Kier molecular flexibility index (Phi) is 24.5. The van der Waals surface area contributed by atoms with Crippen molar-refractivity contribution in [3.05, 3.63) is 0 Å². The van der Waals surface area contributed by atoms with E-state index < -0.39 is 35.8 Å². The minimum atomic E-state index is -0.925. The fraction of sp³-hybridized carbons (Fsp3) is 0.727. The molecule has 0 aromatic heterocycles. The Hall–Kier alpha value is -2.86. The predicted molar refractivity (Wildman–Crippen MR) is 121 cm³/mol. The van der Waals surface area contributed by atoms with Gasteiger partial charge in [0.2, 0.25) is 0 Å². The van der Waals surface area contributed by atoms with Crippen molar-refractivity contribution in [3.8, 4) is 0 Å². The summed E-state index contributed by atoms with van der Waals surface area (Å²) in [7, 11) is 0. The molecule has 198 valence electrons. The molecule has 0 aromatic rings. The lowest BCUT2D eigenvalue weighted by atomic mass is 10.1. The van der Waals surface area contributed by atoms with Crippen LogP contribution in [0, 0.1) is 0 Å². The fourth-order valence-corrected chi connectivity index (χ4v) is 2.79. The molecule has 0 rings (SSSR count). The smallest absolute Gasteiger partial charge is 0.313 e. The number of aliphatic carboxylic acids is 2. The van der Waals surface area contributed by atoms with E-state index in [4.69, 9.17) is 10.2 Å². The van der Waals surface area contributed by atoms with Gasteiger partial charge in [-0.25, -0.2) is 0 Å². The van der Waals surface area contributed by atoms with Gasteiger partial charge in [0, 0.05) is 38.5 Å². The summed E-state index contributed by atoms with van der Waals surface area (Å²) in [6.45, 7) is 0. The standard InChI is InChI=1S/C22H34O10.2H3N/c23-17(24)11-7-9-15-21(29)31-19(27)13-5-3-1-2-4-6-14-20(28)32-22(30)16-10-8-12-18(25)26;;/h1-16H2,(H,23,24)(H,25,26);2*1H3. The second kappa shape index (κ2) is 23.3. The van der Waals surface area contributed by atoms with Crippen LogP contribution in [0.4, 0.5) is 0 Å². The number of unbranched alkanes of at least 4 members (excludes halogenated alkanes) is 7. The first kappa shape index (κ1) is 35.7. The zero-order chi connectivity index (χ0) is 24.2. The highest BCUT2D eigenvalue weighted by molar-refractivity contribution is 5.85. The summed E-state index contributed by atoms with van der Waals surface area (Å²) in [5.41, 5.74) is 0. The molecule has 8 N–H and O–H groups in total. The Balaban J connectivity index is -0.00000480. The molecule has 0 radical (unpaired) electrons.